The molecule has 0 aliphatic heterocycles. The number of nitrogen functional groups attached to an aromatic ring is 1. The minimum absolute atomic E-state index is 0.528. The van der Waals surface area contributed by atoms with Gasteiger partial charge in [0.15, 0.2) is 0 Å². The molecule has 2 N–H and O–H groups in total. The molecule has 0 saturated heterocycles. The van der Waals surface area contributed by atoms with Crippen molar-refractivity contribution in [3.63, 3.8) is 0 Å². The number of ether oxygens (including phenoxy) is 1. The number of nitrogens with two attached hydrogens (primary N) is 1. The molecule has 0 atom stereocenters. The van der Waals surface area contributed by atoms with Gasteiger partial charge in [-0.1, -0.05) is 12.1 Å². The Hall–Kier alpha value is -1.48. The molecule has 0 heterocycles. The molecule has 2 nitrogen and oxygen atoms in total. The summed E-state index contributed by atoms with van der Waals surface area (Å²) in [4.78, 5) is 0. The van der Waals surface area contributed by atoms with Gasteiger partial charge in [-0.3, -0.25) is 0 Å². The lowest BCUT2D eigenvalue weighted by atomic mass is 10.1. The van der Waals surface area contributed by atoms with Crippen LogP contribution in [0.15, 0.2) is 40.9 Å². The molecule has 0 aliphatic carbocycles. The molecule has 0 spiro atoms. The molecule has 0 saturated carbocycles. The van der Waals surface area contributed by atoms with Crippen LogP contribution in [0.2, 0.25) is 0 Å². The molecule has 0 bridgehead atoms. The minimum Gasteiger partial charge on any atom is -0.489 e. The van der Waals surface area contributed by atoms with E-state index in [1.165, 1.54) is 11.1 Å². The molecule has 0 amide bonds. The zero-order valence-corrected chi connectivity index (χ0v) is 12.1. The number of anilines is 1. The van der Waals surface area contributed by atoms with Crippen LogP contribution in [0.3, 0.4) is 0 Å². The Morgan fingerprint density at radius 2 is 1.83 bits per heavy atom. The number of aryl methyl sites for hydroxylation is 2. The smallest absolute Gasteiger partial charge is 0.120 e. The van der Waals surface area contributed by atoms with Crippen LogP contribution >= 0.6 is 15.9 Å². The van der Waals surface area contributed by atoms with E-state index >= 15 is 0 Å². The molecule has 94 valence electrons. The van der Waals surface area contributed by atoms with Gasteiger partial charge in [0.25, 0.3) is 0 Å². The van der Waals surface area contributed by atoms with Gasteiger partial charge < -0.3 is 10.5 Å². The standard InChI is InChI=1S/C15H16BrNO/c1-10-3-5-13(7-11(10)2)18-9-12-4-6-14(16)15(17)8-12/h3-8H,9,17H2,1-2H3. The summed E-state index contributed by atoms with van der Waals surface area (Å²) in [6.07, 6.45) is 0. The molecule has 0 radical (unpaired) electrons. The summed E-state index contributed by atoms with van der Waals surface area (Å²) in [5, 5.41) is 0. The second-order valence-electron chi connectivity index (χ2n) is 4.39. The van der Waals surface area contributed by atoms with E-state index in [4.69, 9.17) is 10.5 Å². The van der Waals surface area contributed by atoms with Gasteiger partial charge >= 0.3 is 0 Å². The second-order valence-corrected chi connectivity index (χ2v) is 5.24. The fourth-order valence-electron chi connectivity index (χ4n) is 1.65. The topological polar surface area (TPSA) is 35.2 Å². The van der Waals surface area contributed by atoms with Crippen molar-refractivity contribution in [2.75, 3.05) is 5.73 Å². The zero-order chi connectivity index (χ0) is 13.1. The molecule has 0 aliphatic rings. The van der Waals surface area contributed by atoms with Crippen LogP contribution in [-0.4, -0.2) is 0 Å². The third kappa shape index (κ3) is 3.05. The Bertz CT molecular complexity index is 515. The molecular formula is C15H16BrNO. The molecule has 2 aromatic rings. The molecule has 0 unspecified atom stereocenters. The predicted octanol–water partition coefficient (Wildman–Crippen LogP) is 4.23. The number of rotatable bonds is 3. The van der Waals surface area contributed by atoms with Gasteiger partial charge in [-0.2, -0.15) is 0 Å². The number of benzene rings is 2. The van der Waals surface area contributed by atoms with Crippen LogP contribution < -0.4 is 10.5 Å². The van der Waals surface area contributed by atoms with E-state index in [0.717, 1.165) is 21.5 Å². The lowest BCUT2D eigenvalue weighted by molar-refractivity contribution is 0.306. The largest absolute Gasteiger partial charge is 0.489 e. The quantitative estimate of drug-likeness (QED) is 0.861. The molecule has 0 fully saturated rings. The Labute approximate surface area is 116 Å². The van der Waals surface area contributed by atoms with E-state index in [-0.39, 0.29) is 0 Å². The van der Waals surface area contributed by atoms with Gasteiger partial charge in [0, 0.05) is 10.2 Å². The maximum Gasteiger partial charge on any atom is 0.120 e. The average Bonchev–Trinajstić information content (AvgIpc) is 2.35. The van der Waals surface area contributed by atoms with E-state index in [2.05, 4.69) is 41.9 Å². The van der Waals surface area contributed by atoms with Crippen molar-refractivity contribution in [3.8, 4) is 5.75 Å². The van der Waals surface area contributed by atoms with Crippen molar-refractivity contribution < 1.29 is 4.74 Å². The first-order valence-corrected chi connectivity index (χ1v) is 6.59. The monoisotopic (exact) mass is 305 g/mol. The van der Waals surface area contributed by atoms with Gasteiger partial charge in [0.1, 0.15) is 12.4 Å². The first-order chi connectivity index (χ1) is 8.56. The predicted molar refractivity (Wildman–Crippen MR) is 78.8 cm³/mol. The normalized spacial score (nSPS) is 10.4. The maximum absolute atomic E-state index is 5.83. The van der Waals surface area contributed by atoms with Crippen molar-refractivity contribution in [1.29, 1.82) is 0 Å². The van der Waals surface area contributed by atoms with Crippen LogP contribution in [-0.2, 0) is 6.61 Å². The van der Waals surface area contributed by atoms with Gasteiger partial charge in [0.05, 0.1) is 0 Å². The molecular weight excluding hydrogens is 290 g/mol. The summed E-state index contributed by atoms with van der Waals surface area (Å²) >= 11 is 3.38. The van der Waals surface area contributed by atoms with Crippen molar-refractivity contribution in [1.82, 2.24) is 0 Å². The lowest BCUT2D eigenvalue weighted by Gasteiger charge is -2.09. The highest BCUT2D eigenvalue weighted by atomic mass is 79.9. The van der Waals surface area contributed by atoms with Crippen LogP contribution in [0, 0.1) is 13.8 Å². The number of halogens is 1. The lowest BCUT2D eigenvalue weighted by Crippen LogP contribution is -1.97. The number of hydrogen-bond acceptors (Lipinski definition) is 2. The fourth-order valence-corrected chi connectivity index (χ4v) is 1.90. The maximum atomic E-state index is 5.83. The fraction of sp³-hybridized carbons (Fsp3) is 0.200. The second kappa shape index (κ2) is 5.44. The summed E-state index contributed by atoms with van der Waals surface area (Å²) in [7, 11) is 0. The van der Waals surface area contributed by atoms with Crippen molar-refractivity contribution in [2.45, 2.75) is 20.5 Å². The van der Waals surface area contributed by atoms with Crippen molar-refractivity contribution in [3.05, 3.63) is 57.6 Å². The summed E-state index contributed by atoms with van der Waals surface area (Å²) in [6, 6.07) is 12.0. The highest BCUT2D eigenvalue weighted by Crippen LogP contribution is 2.22. The van der Waals surface area contributed by atoms with Gasteiger partial charge in [-0.15, -0.1) is 0 Å². The Kier molecular flexibility index (Phi) is 3.92. The molecule has 3 heteroatoms. The van der Waals surface area contributed by atoms with Crippen LogP contribution in [0.1, 0.15) is 16.7 Å². The highest BCUT2D eigenvalue weighted by molar-refractivity contribution is 9.10. The van der Waals surface area contributed by atoms with Crippen LogP contribution in [0.5, 0.6) is 5.75 Å². The minimum atomic E-state index is 0.528. The van der Waals surface area contributed by atoms with Gasteiger partial charge in [-0.05, 0) is 70.7 Å². The number of hydrogen-bond donors (Lipinski definition) is 1. The van der Waals surface area contributed by atoms with Crippen LogP contribution in [0.25, 0.3) is 0 Å². The summed E-state index contributed by atoms with van der Waals surface area (Å²) < 4.78 is 6.67. The van der Waals surface area contributed by atoms with E-state index in [0.29, 0.717) is 6.61 Å². The molecule has 2 aromatic carbocycles. The first-order valence-electron chi connectivity index (χ1n) is 5.80. The van der Waals surface area contributed by atoms with E-state index < -0.39 is 0 Å². The Morgan fingerprint density at radius 1 is 1.06 bits per heavy atom. The average molecular weight is 306 g/mol. The third-order valence-electron chi connectivity index (χ3n) is 2.94. The van der Waals surface area contributed by atoms with E-state index in [9.17, 15) is 0 Å². The van der Waals surface area contributed by atoms with Gasteiger partial charge in [0.2, 0.25) is 0 Å². The van der Waals surface area contributed by atoms with Crippen molar-refractivity contribution in [2.24, 2.45) is 0 Å². The third-order valence-corrected chi connectivity index (χ3v) is 3.67. The molecule has 18 heavy (non-hydrogen) atoms. The van der Waals surface area contributed by atoms with Gasteiger partial charge in [-0.25, -0.2) is 0 Å². The Balaban J connectivity index is 2.06. The summed E-state index contributed by atoms with van der Waals surface area (Å²) in [5.41, 5.74) is 10.1. The zero-order valence-electron chi connectivity index (χ0n) is 10.5. The van der Waals surface area contributed by atoms with Crippen LogP contribution in [0.4, 0.5) is 5.69 Å². The molecule has 2 rings (SSSR count). The summed E-state index contributed by atoms with van der Waals surface area (Å²) in [6.45, 7) is 4.70. The highest BCUT2D eigenvalue weighted by Gasteiger charge is 2.01. The molecule has 0 aromatic heterocycles. The SMILES string of the molecule is Cc1ccc(OCc2ccc(Br)c(N)c2)cc1C. The summed E-state index contributed by atoms with van der Waals surface area (Å²) in [5.74, 6) is 0.889. The Morgan fingerprint density at radius 3 is 2.50 bits per heavy atom. The van der Waals surface area contributed by atoms with Crippen molar-refractivity contribution >= 4 is 21.6 Å². The van der Waals surface area contributed by atoms with E-state index in [1.54, 1.807) is 0 Å². The first kappa shape index (κ1) is 13.0. The van der Waals surface area contributed by atoms with E-state index in [1.807, 2.05) is 24.3 Å².